The SMILES string of the molecule is CC1(C)[C]S\C=C/C=C\C=C/1. The average Bonchev–Trinajstić information content (AvgIpc) is 2.00. The van der Waals surface area contributed by atoms with Gasteiger partial charge in [-0.2, -0.15) is 0 Å². The Kier molecular flexibility index (Phi) is 3.01. The van der Waals surface area contributed by atoms with Crippen molar-refractivity contribution < 1.29 is 0 Å². The molecule has 0 saturated carbocycles. The predicted molar refractivity (Wildman–Crippen MR) is 52.0 cm³/mol. The Morgan fingerprint density at radius 1 is 1.09 bits per heavy atom. The van der Waals surface area contributed by atoms with Crippen molar-refractivity contribution in [3.8, 4) is 0 Å². The first-order chi connectivity index (χ1) is 5.21. The summed E-state index contributed by atoms with van der Waals surface area (Å²) in [6, 6.07) is 0. The zero-order chi connectivity index (χ0) is 8.16. The third-order valence-electron chi connectivity index (χ3n) is 1.31. The molecule has 1 aliphatic rings. The van der Waals surface area contributed by atoms with Crippen LogP contribution in [0.1, 0.15) is 13.8 Å². The van der Waals surface area contributed by atoms with Crippen molar-refractivity contribution in [1.29, 1.82) is 0 Å². The quantitative estimate of drug-likeness (QED) is 0.528. The van der Waals surface area contributed by atoms with Gasteiger partial charge in [0, 0.05) is 5.41 Å². The topological polar surface area (TPSA) is 0 Å². The number of hydrogen-bond donors (Lipinski definition) is 0. The Hall–Kier alpha value is -0.430. The van der Waals surface area contributed by atoms with E-state index in [2.05, 4.69) is 31.8 Å². The first kappa shape index (κ1) is 8.66. The highest BCUT2D eigenvalue weighted by atomic mass is 32.2. The maximum atomic E-state index is 3.30. The van der Waals surface area contributed by atoms with Crippen LogP contribution in [0.25, 0.3) is 0 Å². The minimum atomic E-state index is 0.0731. The molecule has 0 amide bonds. The van der Waals surface area contributed by atoms with Crippen LogP contribution in [0.3, 0.4) is 0 Å². The first-order valence-electron chi connectivity index (χ1n) is 3.65. The molecule has 11 heavy (non-hydrogen) atoms. The second kappa shape index (κ2) is 3.82. The number of thioether (sulfide) groups is 1. The largest absolute Gasteiger partial charge is 0.123 e. The molecule has 0 fully saturated rings. The second-order valence-corrected chi connectivity index (χ2v) is 3.73. The molecule has 0 unspecified atom stereocenters. The molecule has 0 N–H and O–H groups in total. The van der Waals surface area contributed by atoms with Crippen LogP contribution in [-0.4, -0.2) is 0 Å². The van der Waals surface area contributed by atoms with Crippen molar-refractivity contribution in [1.82, 2.24) is 0 Å². The molecule has 1 heteroatoms. The van der Waals surface area contributed by atoms with E-state index >= 15 is 0 Å². The molecule has 2 radical (unpaired) electrons. The molecule has 0 aliphatic carbocycles. The lowest BCUT2D eigenvalue weighted by Crippen LogP contribution is -2.04. The summed E-state index contributed by atoms with van der Waals surface area (Å²) in [5.74, 6) is 3.30. The summed E-state index contributed by atoms with van der Waals surface area (Å²) in [4.78, 5) is 0. The smallest absolute Gasteiger partial charge is 0.0631 e. The van der Waals surface area contributed by atoms with Crippen molar-refractivity contribution in [3.05, 3.63) is 41.5 Å². The van der Waals surface area contributed by atoms with E-state index in [1.807, 2.05) is 23.6 Å². The van der Waals surface area contributed by atoms with Crippen LogP contribution >= 0.6 is 11.8 Å². The molecule has 0 saturated heterocycles. The van der Waals surface area contributed by atoms with Gasteiger partial charge in [0.05, 0.1) is 5.75 Å². The van der Waals surface area contributed by atoms with Gasteiger partial charge in [0.15, 0.2) is 0 Å². The average molecular weight is 164 g/mol. The lowest BCUT2D eigenvalue weighted by atomic mass is 9.96. The molecule has 1 heterocycles. The molecule has 58 valence electrons. The molecule has 1 aliphatic heterocycles. The van der Waals surface area contributed by atoms with Crippen molar-refractivity contribution in [3.63, 3.8) is 0 Å². The fraction of sp³-hybridized carbons (Fsp3) is 0.300. The Morgan fingerprint density at radius 2 is 1.82 bits per heavy atom. The molecule has 0 nitrogen and oxygen atoms in total. The minimum Gasteiger partial charge on any atom is -0.123 e. The summed E-state index contributed by atoms with van der Waals surface area (Å²) >= 11 is 1.62. The molecule has 0 aromatic carbocycles. The highest BCUT2D eigenvalue weighted by molar-refractivity contribution is 8.04. The van der Waals surface area contributed by atoms with Crippen LogP contribution in [0.15, 0.2) is 35.8 Å². The number of allylic oxidation sites excluding steroid dienone is 5. The maximum Gasteiger partial charge on any atom is 0.0631 e. The van der Waals surface area contributed by atoms with Gasteiger partial charge in [-0.15, -0.1) is 11.8 Å². The third kappa shape index (κ3) is 3.47. The summed E-state index contributed by atoms with van der Waals surface area (Å²) in [5, 5.41) is 2.03. The lowest BCUT2D eigenvalue weighted by Gasteiger charge is -2.16. The van der Waals surface area contributed by atoms with Gasteiger partial charge in [-0.3, -0.25) is 0 Å². The van der Waals surface area contributed by atoms with Gasteiger partial charge in [0.2, 0.25) is 0 Å². The van der Waals surface area contributed by atoms with E-state index in [1.54, 1.807) is 11.8 Å². The fourth-order valence-electron chi connectivity index (χ4n) is 0.729. The molecular weight excluding hydrogens is 152 g/mol. The molecule has 1 rings (SSSR count). The van der Waals surface area contributed by atoms with E-state index < -0.39 is 0 Å². The number of rotatable bonds is 0. The zero-order valence-corrected chi connectivity index (χ0v) is 7.69. The minimum absolute atomic E-state index is 0.0731. The van der Waals surface area contributed by atoms with Crippen molar-refractivity contribution in [2.75, 3.05) is 0 Å². The van der Waals surface area contributed by atoms with Gasteiger partial charge in [-0.1, -0.05) is 44.2 Å². The Balaban J connectivity index is 2.68. The van der Waals surface area contributed by atoms with Crippen LogP contribution < -0.4 is 0 Å². The summed E-state index contributed by atoms with van der Waals surface area (Å²) in [7, 11) is 0. The predicted octanol–water partition coefficient (Wildman–Crippen LogP) is 3.42. The summed E-state index contributed by atoms with van der Waals surface area (Å²) in [6.45, 7) is 4.28. The Labute approximate surface area is 73.1 Å². The molecule has 0 atom stereocenters. The van der Waals surface area contributed by atoms with Crippen LogP contribution in [0, 0.1) is 11.2 Å². The van der Waals surface area contributed by atoms with Gasteiger partial charge in [-0.05, 0) is 5.41 Å². The van der Waals surface area contributed by atoms with E-state index in [9.17, 15) is 0 Å². The highest BCUT2D eigenvalue weighted by Crippen LogP contribution is 2.29. The number of hydrogen-bond acceptors (Lipinski definition) is 1. The third-order valence-corrected chi connectivity index (χ3v) is 2.25. The van der Waals surface area contributed by atoms with Gasteiger partial charge < -0.3 is 0 Å². The Bertz CT molecular complexity index is 197. The van der Waals surface area contributed by atoms with Crippen LogP contribution in [0.4, 0.5) is 0 Å². The molecular formula is C10H12S. The van der Waals surface area contributed by atoms with E-state index in [0.717, 1.165) is 0 Å². The molecule has 0 aromatic rings. The van der Waals surface area contributed by atoms with Crippen molar-refractivity contribution in [2.45, 2.75) is 13.8 Å². The van der Waals surface area contributed by atoms with Crippen molar-refractivity contribution >= 4 is 11.8 Å². The lowest BCUT2D eigenvalue weighted by molar-refractivity contribution is 0.608. The van der Waals surface area contributed by atoms with Crippen molar-refractivity contribution in [2.24, 2.45) is 5.41 Å². The highest BCUT2D eigenvalue weighted by Gasteiger charge is 2.13. The molecule has 0 aromatic heterocycles. The van der Waals surface area contributed by atoms with E-state index in [-0.39, 0.29) is 5.41 Å². The van der Waals surface area contributed by atoms with Gasteiger partial charge >= 0.3 is 0 Å². The first-order valence-corrected chi connectivity index (χ1v) is 4.52. The van der Waals surface area contributed by atoms with Gasteiger partial charge in [0.25, 0.3) is 0 Å². The van der Waals surface area contributed by atoms with Crippen LogP contribution in [-0.2, 0) is 0 Å². The second-order valence-electron chi connectivity index (χ2n) is 3.01. The summed E-state index contributed by atoms with van der Waals surface area (Å²) in [5.41, 5.74) is 0.0731. The molecule has 0 spiro atoms. The van der Waals surface area contributed by atoms with Gasteiger partial charge in [0.1, 0.15) is 0 Å². The normalized spacial score (nSPS) is 31.1. The summed E-state index contributed by atoms with van der Waals surface area (Å²) < 4.78 is 0. The van der Waals surface area contributed by atoms with E-state index in [1.165, 1.54) is 0 Å². The Morgan fingerprint density at radius 3 is 2.64 bits per heavy atom. The summed E-state index contributed by atoms with van der Waals surface area (Å²) in [6.07, 6.45) is 10.3. The van der Waals surface area contributed by atoms with E-state index in [0.29, 0.717) is 0 Å². The fourth-order valence-corrected chi connectivity index (χ4v) is 1.34. The maximum absolute atomic E-state index is 3.30. The standard InChI is InChI=1S/C10H12S/c1-10(2)7-5-3-4-6-8-11-9-10/h3-8H,1-2H3/b4-3-,7-5-,8-6-. The van der Waals surface area contributed by atoms with Gasteiger partial charge in [-0.25, -0.2) is 0 Å². The monoisotopic (exact) mass is 164 g/mol. The molecule has 0 bridgehead atoms. The zero-order valence-electron chi connectivity index (χ0n) is 6.87. The van der Waals surface area contributed by atoms with Crippen LogP contribution in [0.5, 0.6) is 0 Å². The van der Waals surface area contributed by atoms with Crippen LogP contribution in [0.2, 0.25) is 0 Å². The van der Waals surface area contributed by atoms with E-state index in [4.69, 9.17) is 0 Å².